The fraction of sp³-hybridized carbons (Fsp3) is 0.342. The molecule has 1 N–H and O–H groups in total. The van der Waals surface area contributed by atoms with Crippen LogP contribution in [0.2, 0.25) is 0 Å². The lowest BCUT2D eigenvalue weighted by molar-refractivity contribution is -0.129. The fourth-order valence-corrected chi connectivity index (χ4v) is 8.53. The van der Waals surface area contributed by atoms with Crippen LogP contribution < -0.4 is 9.64 Å². The molecule has 10 nitrogen and oxygen atoms in total. The number of rotatable bonds is 7. The number of aromatic hydroxyl groups is 1. The summed E-state index contributed by atoms with van der Waals surface area (Å²) in [4.78, 5) is 36.1. The van der Waals surface area contributed by atoms with Crippen molar-refractivity contribution in [3.8, 4) is 35.4 Å². The second kappa shape index (κ2) is 13.6. The van der Waals surface area contributed by atoms with Crippen LogP contribution in [0.1, 0.15) is 36.8 Å². The van der Waals surface area contributed by atoms with Crippen molar-refractivity contribution in [3.63, 3.8) is 0 Å². The summed E-state index contributed by atoms with van der Waals surface area (Å²) in [5.74, 6) is -0.894. The van der Waals surface area contributed by atoms with Crippen LogP contribution in [-0.4, -0.2) is 97.8 Å². The number of anilines is 1. The third kappa shape index (κ3) is 6.19. The number of amides is 1. The molecule has 15 heteroatoms. The van der Waals surface area contributed by atoms with Gasteiger partial charge in [-0.15, -0.1) is 17.8 Å². The molecule has 8 rings (SSSR count). The van der Waals surface area contributed by atoms with E-state index in [1.54, 1.807) is 5.38 Å². The number of nitrogens with zero attached hydrogens (tertiary/aromatic N) is 7. The Morgan fingerprint density at radius 2 is 2.04 bits per heavy atom. The summed E-state index contributed by atoms with van der Waals surface area (Å²) < 4.78 is 67.6. The van der Waals surface area contributed by atoms with Crippen LogP contribution in [0.25, 0.3) is 39.0 Å². The van der Waals surface area contributed by atoms with E-state index in [4.69, 9.17) is 16.1 Å². The van der Waals surface area contributed by atoms with Crippen LogP contribution >= 0.6 is 11.3 Å². The molecule has 3 atom stereocenters. The van der Waals surface area contributed by atoms with Crippen molar-refractivity contribution in [2.24, 2.45) is 0 Å². The van der Waals surface area contributed by atoms with Gasteiger partial charge in [0.15, 0.2) is 11.6 Å². The standard InChI is InChI=1S/C38H33F4N7O3S/c1-3-25-28(40)6-5-22-13-24(50)14-26(31(22)25)33-32(42)34-27(17-44-33)35(46-37(45-34)52-20-38-7-4-9-48(38)19-23(39)16-38)49-11-10-47(18-21(49)2)36(51)29(41)15-30-43-8-12-53-30/h1,5-6,8,12-15,17,21,23,50H,4,7,9-11,16,18-20H2,2H3/t21-,23+,38-/m0/s1. The number of phenols is 1. The van der Waals surface area contributed by atoms with Crippen LogP contribution in [0.3, 0.4) is 0 Å². The number of carbonyl (C=O) groups excluding carboxylic acids is 1. The Bertz CT molecular complexity index is 2340. The molecule has 0 radical (unpaired) electrons. The third-order valence-corrected chi connectivity index (χ3v) is 11.1. The molecule has 3 saturated heterocycles. The minimum atomic E-state index is -0.992. The molecule has 0 aliphatic carbocycles. The molecule has 0 bridgehead atoms. The molecule has 3 aromatic heterocycles. The number of hydrogen-bond donors (Lipinski definition) is 1. The molecule has 0 spiro atoms. The lowest BCUT2D eigenvalue weighted by Crippen LogP contribution is -2.54. The Kier molecular flexibility index (Phi) is 8.90. The molecule has 3 fully saturated rings. The highest BCUT2D eigenvalue weighted by atomic mass is 32.1. The van der Waals surface area contributed by atoms with E-state index in [9.17, 15) is 23.1 Å². The second-order valence-corrected chi connectivity index (χ2v) is 14.6. The summed E-state index contributed by atoms with van der Waals surface area (Å²) in [6.45, 7) is 3.43. The molecule has 2 aromatic carbocycles. The Balaban J connectivity index is 1.20. The van der Waals surface area contributed by atoms with Crippen molar-refractivity contribution in [1.29, 1.82) is 0 Å². The molecule has 53 heavy (non-hydrogen) atoms. The molecule has 0 saturated carbocycles. The molecule has 6 heterocycles. The Labute approximate surface area is 305 Å². The topological polar surface area (TPSA) is 108 Å². The zero-order valence-corrected chi connectivity index (χ0v) is 29.3. The number of alkyl halides is 1. The highest BCUT2D eigenvalue weighted by Crippen LogP contribution is 2.42. The highest BCUT2D eigenvalue weighted by molar-refractivity contribution is 7.10. The highest BCUT2D eigenvalue weighted by Gasteiger charge is 2.49. The van der Waals surface area contributed by atoms with E-state index < -0.39 is 41.1 Å². The lowest BCUT2D eigenvalue weighted by Gasteiger charge is -2.40. The number of terminal acetylenes is 1. The van der Waals surface area contributed by atoms with Gasteiger partial charge in [-0.25, -0.2) is 22.5 Å². The minimum absolute atomic E-state index is 0.0586. The number of carbonyl (C=O) groups is 1. The maximum atomic E-state index is 17.0. The zero-order chi connectivity index (χ0) is 37.0. The SMILES string of the molecule is C#Cc1c(F)ccc2cc(O)cc(-c3ncc4c(N5CCN(C(=O)C(F)=Cc6nccs6)C[C@@H]5C)nc(OC[C@@]56CCCN5C[C@H](F)C6)nc4c3F)c12. The van der Waals surface area contributed by atoms with Crippen LogP contribution in [-0.2, 0) is 4.79 Å². The maximum Gasteiger partial charge on any atom is 0.319 e. The number of thiazole rings is 1. The van der Waals surface area contributed by atoms with E-state index in [-0.39, 0.29) is 76.9 Å². The van der Waals surface area contributed by atoms with Crippen LogP contribution in [0.5, 0.6) is 11.8 Å². The van der Waals surface area contributed by atoms with Gasteiger partial charge in [-0.3, -0.25) is 14.7 Å². The molecule has 5 aromatic rings. The number of fused-ring (bicyclic) bond motifs is 3. The lowest BCUT2D eigenvalue weighted by atomic mass is 9.95. The van der Waals surface area contributed by atoms with Gasteiger partial charge in [0.2, 0.25) is 0 Å². The quantitative estimate of drug-likeness (QED) is 0.117. The van der Waals surface area contributed by atoms with Gasteiger partial charge in [0.25, 0.3) is 5.91 Å². The predicted molar refractivity (Wildman–Crippen MR) is 193 cm³/mol. The van der Waals surface area contributed by atoms with E-state index >= 15 is 4.39 Å². The predicted octanol–water partition coefficient (Wildman–Crippen LogP) is 6.27. The third-order valence-electron chi connectivity index (χ3n) is 10.4. The number of benzene rings is 2. The smallest absolute Gasteiger partial charge is 0.319 e. The van der Waals surface area contributed by atoms with Crippen molar-refractivity contribution in [3.05, 3.63) is 70.1 Å². The van der Waals surface area contributed by atoms with Crippen LogP contribution in [0.15, 0.2) is 47.9 Å². The second-order valence-electron chi connectivity index (χ2n) is 13.7. The number of piperazine rings is 1. The minimum Gasteiger partial charge on any atom is -0.508 e. The summed E-state index contributed by atoms with van der Waals surface area (Å²) in [7, 11) is 0. The molecular formula is C38H33F4N7O3S. The summed E-state index contributed by atoms with van der Waals surface area (Å²) >= 11 is 1.21. The van der Waals surface area contributed by atoms with E-state index in [0.717, 1.165) is 25.5 Å². The van der Waals surface area contributed by atoms with Crippen molar-refractivity contribution in [1.82, 2.24) is 29.7 Å². The van der Waals surface area contributed by atoms with E-state index in [2.05, 4.69) is 25.8 Å². The zero-order valence-electron chi connectivity index (χ0n) is 28.5. The summed E-state index contributed by atoms with van der Waals surface area (Å²) in [6, 6.07) is 4.70. The van der Waals surface area contributed by atoms with Crippen molar-refractivity contribution >= 4 is 50.8 Å². The van der Waals surface area contributed by atoms with Gasteiger partial charge in [0.1, 0.15) is 46.4 Å². The van der Waals surface area contributed by atoms with Crippen LogP contribution in [0.4, 0.5) is 23.4 Å². The summed E-state index contributed by atoms with van der Waals surface area (Å²) in [5.41, 5.74) is -0.995. The Morgan fingerprint density at radius 3 is 2.81 bits per heavy atom. The molecule has 272 valence electrons. The van der Waals surface area contributed by atoms with E-state index in [0.29, 0.717) is 23.4 Å². The van der Waals surface area contributed by atoms with Crippen molar-refractivity contribution in [2.45, 2.75) is 43.9 Å². The number of aromatic nitrogens is 4. The number of halogens is 4. The van der Waals surface area contributed by atoms with E-state index in [1.165, 1.54) is 52.9 Å². The molecule has 1 amide bonds. The van der Waals surface area contributed by atoms with Gasteiger partial charge in [0.05, 0.1) is 16.5 Å². The Hall–Kier alpha value is -5.33. The first-order valence-corrected chi connectivity index (χ1v) is 18.1. The number of ether oxygens (including phenoxy) is 1. The van der Waals surface area contributed by atoms with Gasteiger partial charge >= 0.3 is 6.01 Å². The number of hydrogen-bond acceptors (Lipinski definition) is 10. The van der Waals surface area contributed by atoms with Gasteiger partial charge in [-0.2, -0.15) is 9.97 Å². The normalized spacial score (nSPS) is 22.1. The monoisotopic (exact) mass is 743 g/mol. The van der Waals surface area contributed by atoms with Crippen molar-refractivity contribution in [2.75, 3.05) is 44.2 Å². The molecule has 0 unspecified atom stereocenters. The van der Waals surface area contributed by atoms with E-state index in [1.807, 2.05) is 11.8 Å². The summed E-state index contributed by atoms with van der Waals surface area (Å²) in [5, 5.41) is 13.4. The first-order chi connectivity index (χ1) is 25.5. The van der Waals surface area contributed by atoms with Gasteiger partial charge in [0, 0.05) is 73.4 Å². The average Bonchev–Trinajstić information content (AvgIpc) is 3.87. The number of phenolic OH excluding ortho intramolecular Hbond substituents is 1. The Morgan fingerprint density at radius 1 is 1.19 bits per heavy atom. The maximum absolute atomic E-state index is 17.0. The van der Waals surface area contributed by atoms with Crippen molar-refractivity contribution < 1.29 is 32.2 Å². The largest absolute Gasteiger partial charge is 0.508 e. The summed E-state index contributed by atoms with van der Waals surface area (Å²) in [6.07, 6.45) is 10.6. The molecular weight excluding hydrogens is 711 g/mol. The molecule has 3 aliphatic heterocycles. The van der Waals surface area contributed by atoms with Gasteiger partial charge < -0.3 is 19.6 Å². The van der Waals surface area contributed by atoms with Gasteiger partial charge in [-0.1, -0.05) is 12.0 Å². The first kappa shape index (κ1) is 34.7. The first-order valence-electron chi connectivity index (χ1n) is 17.2. The van der Waals surface area contributed by atoms with Gasteiger partial charge in [-0.05, 0) is 49.9 Å². The number of pyridine rings is 1. The fourth-order valence-electron chi connectivity index (χ4n) is 7.98. The van der Waals surface area contributed by atoms with Crippen LogP contribution in [0, 0.1) is 24.0 Å². The molecule has 3 aliphatic rings. The average molecular weight is 744 g/mol.